The van der Waals surface area contributed by atoms with Crippen LogP contribution in [-0.2, 0) is 11.3 Å². The van der Waals surface area contributed by atoms with Crippen molar-refractivity contribution in [1.29, 1.82) is 0 Å². The van der Waals surface area contributed by atoms with E-state index in [-0.39, 0.29) is 23.6 Å². The largest absolute Gasteiger partial charge is 0.394 e. The van der Waals surface area contributed by atoms with Crippen molar-refractivity contribution in [3.8, 4) is 5.69 Å². The SMILES string of the molecule is O=C(N[C@H](CO)c1ccccc1)c1nn(-c2ccc(Cl)cc2Cl)c2c1COC/C2=C\C1=CCC(Cl)S1. The number of nitrogens with one attached hydrogen (secondary N) is 1. The molecular weight excluding hydrogens is 541 g/mol. The number of alkyl halides is 1. The summed E-state index contributed by atoms with van der Waals surface area (Å²) in [6.45, 7) is 0.299. The predicted molar refractivity (Wildman–Crippen MR) is 145 cm³/mol. The number of hydrogen-bond donors (Lipinski definition) is 2. The Bertz CT molecular complexity index is 1360. The predicted octanol–water partition coefficient (Wildman–Crippen LogP) is 6.14. The number of ether oxygens (including phenoxy) is 1. The van der Waals surface area contributed by atoms with E-state index in [0.717, 1.165) is 28.2 Å². The van der Waals surface area contributed by atoms with Gasteiger partial charge in [-0.25, -0.2) is 4.68 Å². The number of rotatable bonds is 6. The van der Waals surface area contributed by atoms with Gasteiger partial charge in [-0.2, -0.15) is 5.10 Å². The number of carbonyl (C=O) groups is 1. The first-order valence-corrected chi connectivity index (χ1v) is 13.4. The van der Waals surface area contributed by atoms with Crippen LogP contribution in [0.25, 0.3) is 11.3 Å². The molecule has 0 spiro atoms. The molecule has 0 fully saturated rings. The summed E-state index contributed by atoms with van der Waals surface area (Å²) in [5.41, 5.74) is 3.84. The molecule has 0 aliphatic carbocycles. The summed E-state index contributed by atoms with van der Waals surface area (Å²) < 4.78 is 7.54. The van der Waals surface area contributed by atoms with Gasteiger partial charge in [-0.05, 0) is 36.3 Å². The Morgan fingerprint density at radius 3 is 2.75 bits per heavy atom. The Morgan fingerprint density at radius 2 is 2.06 bits per heavy atom. The van der Waals surface area contributed by atoms with Crippen molar-refractivity contribution in [3.05, 3.63) is 98.1 Å². The molecule has 1 aromatic heterocycles. The van der Waals surface area contributed by atoms with Crippen molar-refractivity contribution >= 4 is 58.0 Å². The van der Waals surface area contributed by atoms with Crippen molar-refractivity contribution in [2.45, 2.75) is 23.8 Å². The van der Waals surface area contributed by atoms with Gasteiger partial charge in [0.05, 0.1) is 47.0 Å². The standard InChI is InChI=1S/C26H22Cl3N3O3S/c27-17-6-8-22(20(28)11-17)32-25-16(10-18-7-9-23(29)36-18)13-35-14-19(25)24(31-32)26(34)30-21(12-33)15-4-2-1-3-5-15/h1-8,10-11,21,23,33H,9,12-14H2,(H,30,34)/b16-10+/t21-,23?/m1/s1. The zero-order chi connectivity index (χ0) is 25.2. The lowest BCUT2D eigenvalue weighted by molar-refractivity contribution is 0.0903. The van der Waals surface area contributed by atoms with Crippen LogP contribution in [-0.4, -0.2) is 38.7 Å². The van der Waals surface area contributed by atoms with Gasteiger partial charge in [0.15, 0.2) is 5.69 Å². The molecule has 2 aliphatic rings. The van der Waals surface area contributed by atoms with Crippen LogP contribution in [0.15, 0.2) is 65.6 Å². The van der Waals surface area contributed by atoms with Gasteiger partial charge < -0.3 is 15.2 Å². The lowest BCUT2D eigenvalue weighted by Gasteiger charge is -2.20. The van der Waals surface area contributed by atoms with E-state index in [0.29, 0.717) is 27.9 Å². The second-order valence-electron chi connectivity index (χ2n) is 8.34. The summed E-state index contributed by atoms with van der Waals surface area (Å²) in [5.74, 6) is -0.418. The summed E-state index contributed by atoms with van der Waals surface area (Å²) in [6.07, 6.45) is 4.88. The Kier molecular flexibility index (Phi) is 7.76. The van der Waals surface area contributed by atoms with Crippen molar-refractivity contribution in [1.82, 2.24) is 15.1 Å². The maximum Gasteiger partial charge on any atom is 0.272 e. The van der Waals surface area contributed by atoms with E-state index in [4.69, 9.17) is 44.6 Å². The zero-order valence-electron chi connectivity index (χ0n) is 19.0. The van der Waals surface area contributed by atoms with E-state index in [9.17, 15) is 9.90 Å². The number of aliphatic hydroxyl groups is 1. The molecule has 1 amide bonds. The van der Waals surface area contributed by atoms with E-state index in [1.807, 2.05) is 36.4 Å². The summed E-state index contributed by atoms with van der Waals surface area (Å²) in [7, 11) is 0. The highest BCUT2D eigenvalue weighted by Gasteiger charge is 2.31. The molecule has 3 aromatic rings. The maximum absolute atomic E-state index is 13.5. The lowest BCUT2D eigenvalue weighted by atomic mass is 10.0. The molecule has 10 heteroatoms. The number of thioether (sulfide) groups is 1. The van der Waals surface area contributed by atoms with Gasteiger partial charge in [-0.1, -0.05) is 59.6 Å². The van der Waals surface area contributed by atoms with Crippen LogP contribution in [0.1, 0.15) is 39.8 Å². The van der Waals surface area contributed by atoms with Crippen LogP contribution in [0.5, 0.6) is 0 Å². The number of carbonyl (C=O) groups excluding carboxylic acids is 1. The van der Waals surface area contributed by atoms with Gasteiger partial charge in [0, 0.05) is 21.1 Å². The van der Waals surface area contributed by atoms with E-state index < -0.39 is 11.9 Å². The normalized spacial score (nSPS) is 19.2. The van der Waals surface area contributed by atoms with Crippen LogP contribution in [0.3, 0.4) is 0 Å². The molecule has 0 saturated heterocycles. The molecule has 36 heavy (non-hydrogen) atoms. The average Bonchev–Trinajstić information content (AvgIpc) is 3.47. The fraction of sp³-hybridized carbons (Fsp3) is 0.231. The van der Waals surface area contributed by atoms with Crippen LogP contribution in [0.4, 0.5) is 0 Å². The topological polar surface area (TPSA) is 76.4 Å². The molecule has 1 unspecified atom stereocenters. The summed E-state index contributed by atoms with van der Waals surface area (Å²) in [5, 5.41) is 18.5. The minimum atomic E-state index is -0.584. The van der Waals surface area contributed by atoms with Crippen LogP contribution in [0, 0.1) is 0 Å². The summed E-state index contributed by atoms with van der Waals surface area (Å²) in [6, 6.07) is 13.8. The first-order valence-electron chi connectivity index (χ1n) is 11.3. The van der Waals surface area contributed by atoms with Gasteiger partial charge in [0.2, 0.25) is 0 Å². The molecule has 2 atom stereocenters. The van der Waals surface area contributed by atoms with Crippen molar-refractivity contribution in [2.75, 3.05) is 13.2 Å². The molecule has 2 N–H and O–H groups in total. The van der Waals surface area contributed by atoms with Crippen molar-refractivity contribution in [3.63, 3.8) is 0 Å². The number of hydrogen-bond acceptors (Lipinski definition) is 5. The van der Waals surface area contributed by atoms with Gasteiger partial charge in [-0.3, -0.25) is 4.79 Å². The highest BCUT2D eigenvalue weighted by molar-refractivity contribution is 8.05. The van der Waals surface area contributed by atoms with Crippen LogP contribution < -0.4 is 5.32 Å². The second-order valence-corrected chi connectivity index (χ2v) is 11.2. The van der Waals surface area contributed by atoms with Crippen molar-refractivity contribution < 1.29 is 14.6 Å². The quantitative estimate of drug-likeness (QED) is 0.353. The average molecular weight is 563 g/mol. The molecular formula is C26H22Cl3N3O3S. The van der Waals surface area contributed by atoms with E-state index in [1.165, 1.54) is 0 Å². The maximum atomic E-state index is 13.5. The number of nitrogens with zero attached hydrogens (tertiary/aromatic N) is 2. The number of aromatic nitrogens is 2. The Labute approximate surface area is 227 Å². The van der Waals surface area contributed by atoms with E-state index in [2.05, 4.69) is 11.4 Å². The van der Waals surface area contributed by atoms with Gasteiger partial charge in [0.1, 0.15) is 0 Å². The number of aliphatic hydroxyl groups excluding tert-OH is 1. The molecule has 186 valence electrons. The number of amides is 1. The lowest BCUT2D eigenvalue weighted by Crippen LogP contribution is -2.32. The molecule has 2 aliphatic heterocycles. The Morgan fingerprint density at radius 1 is 1.25 bits per heavy atom. The molecule has 0 radical (unpaired) electrons. The van der Waals surface area contributed by atoms with Crippen LogP contribution in [0.2, 0.25) is 10.0 Å². The van der Waals surface area contributed by atoms with Gasteiger partial charge >= 0.3 is 0 Å². The zero-order valence-corrected chi connectivity index (χ0v) is 22.0. The second kappa shape index (κ2) is 11.0. The minimum Gasteiger partial charge on any atom is -0.394 e. The molecule has 0 bridgehead atoms. The monoisotopic (exact) mass is 561 g/mol. The van der Waals surface area contributed by atoms with Gasteiger partial charge in [-0.15, -0.1) is 23.4 Å². The third-order valence-electron chi connectivity index (χ3n) is 5.92. The van der Waals surface area contributed by atoms with E-state index >= 15 is 0 Å². The molecule has 5 rings (SSSR count). The first kappa shape index (κ1) is 25.4. The Hall–Kier alpha value is -2.26. The van der Waals surface area contributed by atoms with Crippen LogP contribution >= 0.6 is 46.6 Å². The number of benzene rings is 2. The first-order chi connectivity index (χ1) is 17.4. The molecule has 3 heterocycles. The molecule has 2 aromatic carbocycles. The highest BCUT2D eigenvalue weighted by Crippen LogP contribution is 2.39. The third-order valence-corrected chi connectivity index (χ3v) is 7.91. The summed E-state index contributed by atoms with van der Waals surface area (Å²) in [4.78, 5) is 14.5. The van der Waals surface area contributed by atoms with Gasteiger partial charge in [0.25, 0.3) is 5.91 Å². The summed E-state index contributed by atoms with van der Waals surface area (Å²) >= 11 is 20.5. The molecule has 0 saturated carbocycles. The Balaban J connectivity index is 1.59. The number of halogens is 3. The molecule has 6 nitrogen and oxygen atoms in total. The number of allylic oxidation sites excluding steroid dienone is 2. The fourth-order valence-corrected chi connectivity index (χ4v) is 6.01. The fourth-order valence-electron chi connectivity index (χ4n) is 4.23. The number of fused-ring (bicyclic) bond motifs is 1. The third kappa shape index (κ3) is 5.23. The van der Waals surface area contributed by atoms with E-state index in [1.54, 1.807) is 34.6 Å². The minimum absolute atomic E-state index is 0.00816. The van der Waals surface area contributed by atoms with Crippen molar-refractivity contribution in [2.24, 2.45) is 0 Å². The smallest absolute Gasteiger partial charge is 0.272 e. The highest BCUT2D eigenvalue weighted by atomic mass is 35.5.